The van der Waals surface area contributed by atoms with E-state index in [9.17, 15) is 14.4 Å². The van der Waals surface area contributed by atoms with Crippen LogP contribution in [-0.4, -0.2) is 42.1 Å². The summed E-state index contributed by atoms with van der Waals surface area (Å²) >= 11 is 0. The molecule has 0 radical (unpaired) electrons. The Bertz CT molecular complexity index is 569. The summed E-state index contributed by atoms with van der Waals surface area (Å²) in [5.74, 6) is -1.25. The van der Waals surface area contributed by atoms with Crippen molar-refractivity contribution in [2.75, 3.05) is 13.2 Å². The maximum absolute atomic E-state index is 12.0. The molecule has 0 aromatic heterocycles. The predicted octanol–water partition coefficient (Wildman–Crippen LogP) is 1.43. The van der Waals surface area contributed by atoms with Gasteiger partial charge in [-0.05, 0) is 43.5 Å². The van der Waals surface area contributed by atoms with E-state index in [4.69, 9.17) is 9.84 Å². The average Bonchev–Trinajstić information content (AvgIpc) is 2.52. The van der Waals surface area contributed by atoms with Crippen LogP contribution in [0.15, 0.2) is 24.3 Å². The van der Waals surface area contributed by atoms with Gasteiger partial charge in [-0.15, -0.1) is 0 Å². The van der Waals surface area contributed by atoms with E-state index < -0.39 is 23.8 Å². The van der Waals surface area contributed by atoms with Gasteiger partial charge in [0.05, 0.1) is 13.2 Å². The van der Waals surface area contributed by atoms with Gasteiger partial charge >= 0.3 is 5.97 Å². The molecule has 7 heteroatoms. The van der Waals surface area contributed by atoms with Gasteiger partial charge in [-0.1, -0.05) is 13.8 Å². The largest absolute Gasteiger partial charge is 0.494 e. The Balaban J connectivity index is 2.50. The van der Waals surface area contributed by atoms with Crippen LogP contribution in [0.2, 0.25) is 0 Å². The van der Waals surface area contributed by atoms with Crippen LogP contribution in [0, 0.1) is 5.92 Å². The number of amides is 2. The van der Waals surface area contributed by atoms with Crippen molar-refractivity contribution >= 4 is 17.8 Å². The quantitative estimate of drug-likeness (QED) is 0.633. The van der Waals surface area contributed by atoms with Crippen LogP contribution in [0.1, 0.15) is 37.6 Å². The fourth-order valence-electron chi connectivity index (χ4n) is 2.07. The third kappa shape index (κ3) is 6.68. The molecule has 0 unspecified atom stereocenters. The Hall–Kier alpha value is -2.57. The van der Waals surface area contributed by atoms with Crippen LogP contribution in [0.4, 0.5) is 0 Å². The van der Waals surface area contributed by atoms with E-state index in [1.54, 1.807) is 24.3 Å². The highest BCUT2D eigenvalue weighted by Gasteiger charge is 2.21. The van der Waals surface area contributed by atoms with Gasteiger partial charge in [0.25, 0.3) is 5.91 Å². The summed E-state index contributed by atoms with van der Waals surface area (Å²) in [6, 6.07) is 5.57. The Morgan fingerprint density at radius 1 is 1.17 bits per heavy atom. The monoisotopic (exact) mass is 336 g/mol. The van der Waals surface area contributed by atoms with Gasteiger partial charge in [-0.25, -0.2) is 4.79 Å². The molecule has 0 spiro atoms. The van der Waals surface area contributed by atoms with E-state index in [0.717, 1.165) is 0 Å². The van der Waals surface area contributed by atoms with Crippen LogP contribution in [-0.2, 0) is 9.59 Å². The predicted molar refractivity (Wildman–Crippen MR) is 89.0 cm³/mol. The lowest BCUT2D eigenvalue weighted by atomic mass is 10.0. The molecule has 132 valence electrons. The topological polar surface area (TPSA) is 105 Å². The minimum absolute atomic E-state index is 0.129. The normalized spacial score (nSPS) is 11.7. The molecule has 1 atom stereocenters. The molecule has 0 aliphatic carbocycles. The first-order chi connectivity index (χ1) is 11.3. The zero-order valence-corrected chi connectivity index (χ0v) is 14.2. The number of carboxylic acids is 1. The van der Waals surface area contributed by atoms with Crippen LogP contribution in [0.3, 0.4) is 0 Å². The first-order valence-electron chi connectivity index (χ1n) is 7.86. The van der Waals surface area contributed by atoms with Crippen molar-refractivity contribution < 1.29 is 24.2 Å². The van der Waals surface area contributed by atoms with Crippen LogP contribution in [0.5, 0.6) is 5.75 Å². The van der Waals surface area contributed by atoms with Crippen LogP contribution < -0.4 is 15.4 Å². The fourth-order valence-corrected chi connectivity index (χ4v) is 2.07. The number of hydrogen-bond acceptors (Lipinski definition) is 4. The molecule has 1 aromatic carbocycles. The van der Waals surface area contributed by atoms with Gasteiger partial charge in [0.2, 0.25) is 5.91 Å². The average molecular weight is 336 g/mol. The number of rotatable bonds is 9. The number of ether oxygens (including phenoxy) is 1. The Kier molecular flexibility index (Phi) is 7.74. The first-order valence-corrected chi connectivity index (χ1v) is 7.86. The second-order valence-corrected chi connectivity index (χ2v) is 5.73. The molecule has 7 nitrogen and oxygen atoms in total. The lowest BCUT2D eigenvalue weighted by Gasteiger charge is -2.16. The summed E-state index contributed by atoms with van der Waals surface area (Å²) in [5.41, 5.74) is 0.392. The summed E-state index contributed by atoms with van der Waals surface area (Å²) in [7, 11) is 0. The van der Waals surface area contributed by atoms with Crippen LogP contribution >= 0.6 is 0 Å². The van der Waals surface area contributed by atoms with E-state index in [2.05, 4.69) is 10.6 Å². The molecule has 0 aliphatic rings. The van der Waals surface area contributed by atoms with Gasteiger partial charge < -0.3 is 20.5 Å². The molecular weight excluding hydrogens is 312 g/mol. The van der Waals surface area contributed by atoms with Crippen molar-refractivity contribution in [1.29, 1.82) is 0 Å². The number of carbonyl (C=O) groups is 3. The number of nitrogens with one attached hydrogen (secondary N) is 2. The number of carbonyl (C=O) groups excluding carboxylic acids is 2. The Labute approximate surface area is 141 Å². The maximum Gasteiger partial charge on any atom is 0.326 e. The maximum atomic E-state index is 12.0. The SMILES string of the molecule is CCOc1ccc(C(=O)NCC(=O)N[C@H](CC(C)C)C(=O)O)cc1. The highest BCUT2D eigenvalue weighted by Crippen LogP contribution is 2.11. The summed E-state index contributed by atoms with van der Waals surface area (Å²) in [4.78, 5) is 34.9. The van der Waals surface area contributed by atoms with E-state index in [1.165, 1.54) is 0 Å². The van der Waals surface area contributed by atoms with Crippen molar-refractivity contribution in [2.24, 2.45) is 5.92 Å². The summed E-state index contributed by atoms with van der Waals surface area (Å²) in [6.45, 7) is 5.86. The lowest BCUT2D eigenvalue weighted by Crippen LogP contribution is -2.46. The smallest absolute Gasteiger partial charge is 0.326 e. The molecule has 3 N–H and O–H groups in total. The standard InChI is InChI=1S/C17H24N2O5/c1-4-24-13-7-5-12(6-8-13)16(21)18-10-15(20)19-14(17(22)23)9-11(2)3/h5-8,11,14H,4,9-10H2,1-3H3,(H,18,21)(H,19,20)(H,22,23)/t14-/m1/s1. The van der Waals surface area contributed by atoms with Crippen molar-refractivity contribution in [3.63, 3.8) is 0 Å². The molecule has 1 rings (SSSR count). The third-order valence-electron chi connectivity index (χ3n) is 3.18. The van der Waals surface area contributed by atoms with Crippen molar-refractivity contribution in [1.82, 2.24) is 10.6 Å². The lowest BCUT2D eigenvalue weighted by molar-refractivity contribution is -0.142. The zero-order chi connectivity index (χ0) is 18.1. The van der Waals surface area contributed by atoms with Crippen molar-refractivity contribution in [2.45, 2.75) is 33.2 Å². The molecule has 0 saturated carbocycles. The second-order valence-electron chi connectivity index (χ2n) is 5.73. The molecule has 0 bridgehead atoms. The second kappa shape index (κ2) is 9.54. The fraction of sp³-hybridized carbons (Fsp3) is 0.471. The van der Waals surface area contributed by atoms with E-state index in [-0.39, 0.29) is 12.5 Å². The van der Waals surface area contributed by atoms with Gasteiger partial charge in [0.15, 0.2) is 0 Å². The molecule has 0 saturated heterocycles. The van der Waals surface area contributed by atoms with E-state index in [1.807, 2.05) is 20.8 Å². The molecule has 24 heavy (non-hydrogen) atoms. The number of aliphatic carboxylic acids is 1. The Morgan fingerprint density at radius 3 is 2.29 bits per heavy atom. The first kappa shape index (κ1) is 19.5. The van der Waals surface area contributed by atoms with Gasteiger partial charge in [-0.2, -0.15) is 0 Å². The Morgan fingerprint density at radius 2 is 1.79 bits per heavy atom. The summed E-state index contributed by atoms with van der Waals surface area (Å²) in [5, 5.41) is 14.0. The molecule has 1 aromatic rings. The zero-order valence-electron chi connectivity index (χ0n) is 14.2. The van der Waals surface area contributed by atoms with Crippen molar-refractivity contribution in [3.8, 4) is 5.75 Å². The third-order valence-corrected chi connectivity index (χ3v) is 3.18. The van der Waals surface area contributed by atoms with E-state index >= 15 is 0 Å². The van der Waals surface area contributed by atoms with Gasteiger partial charge in [-0.3, -0.25) is 9.59 Å². The minimum atomic E-state index is -1.09. The van der Waals surface area contributed by atoms with Gasteiger partial charge in [0.1, 0.15) is 11.8 Å². The molecule has 0 aliphatic heterocycles. The van der Waals surface area contributed by atoms with Crippen LogP contribution in [0.25, 0.3) is 0 Å². The van der Waals surface area contributed by atoms with Gasteiger partial charge in [0, 0.05) is 5.56 Å². The molecular formula is C17H24N2O5. The summed E-state index contributed by atoms with van der Waals surface area (Å²) < 4.78 is 5.29. The summed E-state index contributed by atoms with van der Waals surface area (Å²) in [6.07, 6.45) is 0.327. The van der Waals surface area contributed by atoms with E-state index in [0.29, 0.717) is 24.3 Å². The minimum Gasteiger partial charge on any atom is -0.494 e. The molecule has 0 fully saturated rings. The number of benzene rings is 1. The highest BCUT2D eigenvalue weighted by molar-refractivity contribution is 5.96. The number of carboxylic acid groups (broad SMARTS) is 1. The number of hydrogen-bond donors (Lipinski definition) is 3. The highest BCUT2D eigenvalue weighted by atomic mass is 16.5. The molecule has 2 amide bonds. The van der Waals surface area contributed by atoms with Crippen molar-refractivity contribution in [3.05, 3.63) is 29.8 Å². The molecule has 0 heterocycles.